The fourth-order valence-electron chi connectivity index (χ4n) is 1.56. The van der Waals surface area contributed by atoms with Gasteiger partial charge >= 0.3 is 0 Å². The molecule has 1 aliphatic rings. The first-order valence-electron chi connectivity index (χ1n) is 5.37. The maximum atomic E-state index is 11.2. The maximum absolute atomic E-state index is 11.2. The molecule has 0 unspecified atom stereocenters. The molecule has 15 heavy (non-hydrogen) atoms. The first-order valence-corrected chi connectivity index (χ1v) is 5.37. The predicted octanol–water partition coefficient (Wildman–Crippen LogP) is 0.503. The molecule has 1 aliphatic carbocycles. The highest BCUT2D eigenvalue weighted by Crippen LogP contribution is 2.19. The van der Waals surface area contributed by atoms with Crippen molar-refractivity contribution in [1.82, 2.24) is 10.8 Å². The fraction of sp³-hybridized carbons (Fsp3) is 0.800. The minimum atomic E-state index is -0.185. The molecule has 0 bridgehead atoms. The summed E-state index contributed by atoms with van der Waals surface area (Å²) in [5, 5.41) is 2.55. The van der Waals surface area contributed by atoms with Gasteiger partial charge in [-0.3, -0.25) is 14.4 Å². The highest BCUT2D eigenvalue weighted by atomic mass is 16.7. The molecule has 0 saturated heterocycles. The van der Waals surface area contributed by atoms with Crippen LogP contribution in [0.2, 0.25) is 0 Å². The molecule has 0 aromatic rings. The van der Waals surface area contributed by atoms with Crippen molar-refractivity contribution >= 4 is 11.8 Å². The number of hydrogen-bond acceptors (Lipinski definition) is 3. The van der Waals surface area contributed by atoms with Gasteiger partial charge in [-0.2, -0.15) is 0 Å². The molecule has 0 spiro atoms. The second-order valence-corrected chi connectivity index (χ2v) is 3.78. The van der Waals surface area contributed by atoms with E-state index in [1.165, 1.54) is 19.8 Å². The van der Waals surface area contributed by atoms with Gasteiger partial charge in [0.25, 0.3) is 0 Å². The molecule has 5 nitrogen and oxygen atoms in total. The predicted molar refractivity (Wildman–Crippen MR) is 54.8 cm³/mol. The number of hydrogen-bond donors (Lipinski definition) is 2. The topological polar surface area (TPSA) is 67.4 Å². The summed E-state index contributed by atoms with van der Waals surface area (Å²) in [5.41, 5.74) is 2.41. The quantitative estimate of drug-likeness (QED) is 0.655. The summed E-state index contributed by atoms with van der Waals surface area (Å²) in [6, 6.07) is 0. The first-order chi connectivity index (χ1) is 7.18. The van der Waals surface area contributed by atoms with E-state index in [4.69, 9.17) is 4.84 Å². The number of carbonyl (C=O) groups excluding carboxylic acids is 2. The molecule has 0 aliphatic heterocycles. The van der Waals surface area contributed by atoms with Gasteiger partial charge in [0, 0.05) is 19.9 Å². The third-order valence-electron chi connectivity index (χ3n) is 2.37. The van der Waals surface area contributed by atoms with Crippen LogP contribution < -0.4 is 10.8 Å². The van der Waals surface area contributed by atoms with Crippen molar-refractivity contribution in [2.45, 2.75) is 45.1 Å². The van der Waals surface area contributed by atoms with Gasteiger partial charge in [0.05, 0.1) is 6.10 Å². The normalized spacial score (nSPS) is 16.3. The Morgan fingerprint density at radius 1 is 1.33 bits per heavy atom. The fourth-order valence-corrected chi connectivity index (χ4v) is 1.56. The molecule has 0 radical (unpaired) electrons. The van der Waals surface area contributed by atoms with E-state index in [0.717, 1.165) is 12.8 Å². The number of rotatable bonds is 5. The lowest BCUT2D eigenvalue weighted by molar-refractivity contribution is -0.138. The molecule has 1 saturated carbocycles. The SMILES string of the molecule is CC(=O)NCCC(=O)NOC1CCCC1. The Balaban J connectivity index is 2.00. The number of carbonyl (C=O) groups is 2. The van der Waals surface area contributed by atoms with Crippen molar-refractivity contribution in [3.05, 3.63) is 0 Å². The van der Waals surface area contributed by atoms with Crippen LogP contribution >= 0.6 is 0 Å². The lowest BCUT2D eigenvalue weighted by Crippen LogP contribution is -2.31. The van der Waals surface area contributed by atoms with Crippen LogP contribution in [0.5, 0.6) is 0 Å². The smallest absolute Gasteiger partial charge is 0.245 e. The van der Waals surface area contributed by atoms with Crippen LogP contribution in [0.4, 0.5) is 0 Å². The van der Waals surface area contributed by atoms with Gasteiger partial charge in [-0.1, -0.05) is 12.8 Å². The van der Waals surface area contributed by atoms with Crippen molar-refractivity contribution in [1.29, 1.82) is 0 Å². The van der Waals surface area contributed by atoms with Crippen molar-refractivity contribution in [2.24, 2.45) is 0 Å². The third-order valence-corrected chi connectivity index (χ3v) is 2.37. The second kappa shape index (κ2) is 6.40. The zero-order chi connectivity index (χ0) is 11.1. The molecule has 86 valence electrons. The van der Waals surface area contributed by atoms with Crippen molar-refractivity contribution in [2.75, 3.05) is 6.54 Å². The molecule has 2 amide bonds. The van der Waals surface area contributed by atoms with E-state index in [0.29, 0.717) is 6.54 Å². The van der Waals surface area contributed by atoms with Gasteiger partial charge in [0.1, 0.15) is 0 Å². The number of hydroxylamine groups is 1. The van der Waals surface area contributed by atoms with Crippen LogP contribution in [-0.2, 0) is 14.4 Å². The highest BCUT2D eigenvalue weighted by molar-refractivity contribution is 5.77. The summed E-state index contributed by atoms with van der Waals surface area (Å²) in [5.74, 6) is -0.310. The Kier molecular flexibility index (Phi) is 5.10. The minimum absolute atomic E-state index is 0.125. The Morgan fingerprint density at radius 3 is 2.60 bits per heavy atom. The lowest BCUT2D eigenvalue weighted by atomic mass is 10.3. The summed E-state index contributed by atoms with van der Waals surface area (Å²) in [6.07, 6.45) is 4.82. The van der Waals surface area contributed by atoms with E-state index in [2.05, 4.69) is 10.8 Å². The molecule has 1 rings (SSSR count). The Hall–Kier alpha value is -1.10. The molecule has 5 heteroatoms. The molecule has 0 atom stereocenters. The van der Waals surface area contributed by atoms with Gasteiger partial charge in [-0.05, 0) is 12.8 Å². The zero-order valence-electron chi connectivity index (χ0n) is 9.04. The van der Waals surface area contributed by atoms with Crippen LogP contribution in [0.1, 0.15) is 39.0 Å². The zero-order valence-corrected chi connectivity index (χ0v) is 9.04. The van der Waals surface area contributed by atoms with E-state index < -0.39 is 0 Å². The monoisotopic (exact) mass is 214 g/mol. The van der Waals surface area contributed by atoms with E-state index in [1.54, 1.807) is 0 Å². The summed E-state index contributed by atoms with van der Waals surface area (Å²) in [6.45, 7) is 1.78. The van der Waals surface area contributed by atoms with E-state index in [9.17, 15) is 9.59 Å². The van der Waals surface area contributed by atoms with Crippen molar-refractivity contribution < 1.29 is 14.4 Å². The molecule has 0 aromatic carbocycles. The average Bonchev–Trinajstić information content (AvgIpc) is 2.66. The van der Waals surface area contributed by atoms with E-state index in [-0.39, 0.29) is 24.3 Å². The molecular formula is C10H18N2O3. The van der Waals surface area contributed by atoms with Crippen LogP contribution in [0.25, 0.3) is 0 Å². The average molecular weight is 214 g/mol. The van der Waals surface area contributed by atoms with Gasteiger partial charge in [0.15, 0.2) is 0 Å². The van der Waals surface area contributed by atoms with Gasteiger partial charge < -0.3 is 5.32 Å². The van der Waals surface area contributed by atoms with Crippen molar-refractivity contribution in [3.8, 4) is 0 Å². The van der Waals surface area contributed by atoms with Crippen LogP contribution in [0, 0.1) is 0 Å². The Labute approximate surface area is 89.5 Å². The summed E-state index contributed by atoms with van der Waals surface area (Å²) in [4.78, 5) is 26.9. The first kappa shape index (κ1) is 12.0. The summed E-state index contributed by atoms with van der Waals surface area (Å²) >= 11 is 0. The third kappa shape index (κ3) is 5.37. The standard InChI is InChI=1S/C10H18N2O3/c1-8(13)11-7-6-10(14)12-15-9-4-2-3-5-9/h9H,2-7H2,1H3,(H,11,13)(H,12,14). The number of amides is 2. The van der Waals surface area contributed by atoms with Crippen LogP contribution in [0.15, 0.2) is 0 Å². The maximum Gasteiger partial charge on any atom is 0.245 e. The van der Waals surface area contributed by atoms with E-state index in [1.807, 2.05) is 0 Å². The second-order valence-electron chi connectivity index (χ2n) is 3.78. The van der Waals surface area contributed by atoms with E-state index >= 15 is 0 Å². The molecule has 2 N–H and O–H groups in total. The van der Waals surface area contributed by atoms with Gasteiger partial charge in [-0.15, -0.1) is 0 Å². The van der Waals surface area contributed by atoms with Crippen LogP contribution in [-0.4, -0.2) is 24.5 Å². The van der Waals surface area contributed by atoms with Gasteiger partial charge in [0.2, 0.25) is 11.8 Å². The minimum Gasteiger partial charge on any atom is -0.356 e. The summed E-state index contributed by atoms with van der Waals surface area (Å²) < 4.78 is 0. The lowest BCUT2D eigenvalue weighted by Gasteiger charge is -2.11. The largest absolute Gasteiger partial charge is 0.356 e. The molecular weight excluding hydrogens is 196 g/mol. The van der Waals surface area contributed by atoms with Crippen LogP contribution in [0.3, 0.4) is 0 Å². The van der Waals surface area contributed by atoms with Gasteiger partial charge in [-0.25, -0.2) is 5.48 Å². The molecule has 0 heterocycles. The Bertz CT molecular complexity index is 225. The molecule has 1 fully saturated rings. The summed E-state index contributed by atoms with van der Waals surface area (Å²) in [7, 11) is 0. The molecule has 0 aromatic heterocycles. The Morgan fingerprint density at radius 2 is 2.00 bits per heavy atom. The number of nitrogens with one attached hydrogen (secondary N) is 2. The highest BCUT2D eigenvalue weighted by Gasteiger charge is 2.16. The van der Waals surface area contributed by atoms with Crippen molar-refractivity contribution in [3.63, 3.8) is 0 Å².